The molecule has 1 aromatic heterocycles. The summed E-state index contributed by atoms with van der Waals surface area (Å²) >= 11 is 1.84. The van der Waals surface area contributed by atoms with Gasteiger partial charge in [0.05, 0.1) is 6.54 Å². The van der Waals surface area contributed by atoms with Gasteiger partial charge in [0.15, 0.2) is 0 Å². The number of nitrogens with one attached hydrogen (secondary N) is 1. The summed E-state index contributed by atoms with van der Waals surface area (Å²) in [5.41, 5.74) is 1.48. The quantitative estimate of drug-likeness (QED) is 0.848. The summed E-state index contributed by atoms with van der Waals surface area (Å²) in [5, 5.41) is 11.6. The van der Waals surface area contributed by atoms with Crippen LogP contribution in [0.15, 0.2) is 6.07 Å². The molecule has 0 fully saturated rings. The number of carbonyl (C=O) groups is 1. The molecule has 2 N–H and O–H groups in total. The Hall–Kier alpha value is -0.870. The Bertz CT molecular complexity index is 363. The molecule has 16 heavy (non-hydrogen) atoms. The van der Waals surface area contributed by atoms with Gasteiger partial charge < -0.3 is 5.11 Å². The summed E-state index contributed by atoms with van der Waals surface area (Å²) in [6.45, 7) is 2.06. The SMILES string of the molecule is CC(NCC(=O)O)c1cc2c(s1)CCCC2. The van der Waals surface area contributed by atoms with Crippen molar-refractivity contribution in [3.63, 3.8) is 0 Å². The number of hydrogen-bond acceptors (Lipinski definition) is 3. The van der Waals surface area contributed by atoms with Crippen LogP contribution in [-0.2, 0) is 17.6 Å². The molecule has 3 nitrogen and oxygen atoms in total. The number of thiophene rings is 1. The molecule has 1 aliphatic carbocycles. The van der Waals surface area contributed by atoms with Crippen LogP contribution < -0.4 is 5.32 Å². The van der Waals surface area contributed by atoms with Crippen molar-refractivity contribution in [2.24, 2.45) is 0 Å². The third-order valence-electron chi connectivity index (χ3n) is 3.00. The van der Waals surface area contributed by atoms with E-state index in [4.69, 9.17) is 5.11 Å². The molecule has 1 unspecified atom stereocenters. The van der Waals surface area contributed by atoms with Crippen LogP contribution in [0.1, 0.15) is 41.1 Å². The molecule has 0 aliphatic heterocycles. The van der Waals surface area contributed by atoms with Crippen LogP contribution in [0.3, 0.4) is 0 Å². The lowest BCUT2D eigenvalue weighted by atomic mass is 9.99. The molecular weight excluding hydrogens is 222 g/mol. The van der Waals surface area contributed by atoms with E-state index in [1.54, 1.807) is 0 Å². The van der Waals surface area contributed by atoms with Gasteiger partial charge in [0.2, 0.25) is 0 Å². The van der Waals surface area contributed by atoms with Gasteiger partial charge in [0.25, 0.3) is 0 Å². The molecule has 0 spiro atoms. The van der Waals surface area contributed by atoms with Crippen molar-refractivity contribution in [3.8, 4) is 0 Å². The molecule has 0 bridgehead atoms. The second-order valence-corrected chi connectivity index (χ2v) is 5.47. The summed E-state index contributed by atoms with van der Waals surface area (Å²) in [7, 11) is 0. The predicted octanol–water partition coefficient (Wildman–Crippen LogP) is 2.36. The Morgan fingerprint density at radius 1 is 1.56 bits per heavy atom. The maximum atomic E-state index is 10.5. The van der Waals surface area contributed by atoms with Gasteiger partial charge in [-0.05, 0) is 44.2 Å². The van der Waals surface area contributed by atoms with Gasteiger partial charge in [-0.1, -0.05) is 0 Å². The van der Waals surface area contributed by atoms with Gasteiger partial charge in [0, 0.05) is 15.8 Å². The van der Waals surface area contributed by atoms with Gasteiger partial charge in [-0.25, -0.2) is 0 Å². The van der Waals surface area contributed by atoms with Crippen LogP contribution in [0, 0.1) is 0 Å². The van der Waals surface area contributed by atoms with E-state index in [1.165, 1.54) is 41.0 Å². The number of aliphatic carboxylic acids is 1. The van der Waals surface area contributed by atoms with Crippen molar-refractivity contribution in [2.45, 2.75) is 38.6 Å². The molecule has 1 atom stereocenters. The number of carboxylic acids is 1. The summed E-state index contributed by atoms with van der Waals surface area (Å²) < 4.78 is 0. The Morgan fingerprint density at radius 3 is 3.00 bits per heavy atom. The number of aryl methyl sites for hydroxylation is 2. The van der Waals surface area contributed by atoms with Crippen LogP contribution in [0.2, 0.25) is 0 Å². The van der Waals surface area contributed by atoms with Gasteiger partial charge in [0.1, 0.15) is 0 Å². The first kappa shape index (κ1) is 11.6. The normalized spacial score (nSPS) is 16.8. The second-order valence-electron chi connectivity index (χ2n) is 4.30. The van der Waals surface area contributed by atoms with Crippen LogP contribution in [0.25, 0.3) is 0 Å². The monoisotopic (exact) mass is 239 g/mol. The first-order chi connectivity index (χ1) is 7.66. The third-order valence-corrected chi connectivity index (χ3v) is 4.42. The lowest BCUT2D eigenvalue weighted by molar-refractivity contribution is -0.136. The van der Waals surface area contributed by atoms with Crippen LogP contribution in [0.5, 0.6) is 0 Å². The summed E-state index contributed by atoms with van der Waals surface area (Å²) in [6.07, 6.45) is 4.98. The molecule has 0 aromatic carbocycles. The Morgan fingerprint density at radius 2 is 2.31 bits per heavy atom. The van der Waals surface area contributed by atoms with Crippen LogP contribution >= 0.6 is 11.3 Å². The number of carboxylic acid groups (broad SMARTS) is 1. The maximum Gasteiger partial charge on any atom is 0.317 e. The zero-order chi connectivity index (χ0) is 11.5. The maximum absolute atomic E-state index is 10.5. The average Bonchev–Trinajstić information content (AvgIpc) is 2.69. The Labute approximate surface area is 99.5 Å². The highest BCUT2D eigenvalue weighted by molar-refractivity contribution is 7.12. The Kier molecular flexibility index (Phi) is 3.61. The van der Waals surface area contributed by atoms with Gasteiger partial charge in [-0.15, -0.1) is 11.3 Å². The molecule has 0 radical (unpaired) electrons. The van der Waals surface area contributed by atoms with Crippen molar-refractivity contribution in [1.82, 2.24) is 5.32 Å². The summed E-state index contributed by atoms with van der Waals surface area (Å²) in [4.78, 5) is 13.2. The average molecular weight is 239 g/mol. The van der Waals surface area contributed by atoms with E-state index in [9.17, 15) is 4.79 Å². The lowest BCUT2D eigenvalue weighted by Crippen LogP contribution is -2.24. The van der Waals surface area contributed by atoms with Crippen molar-refractivity contribution >= 4 is 17.3 Å². The van der Waals surface area contributed by atoms with E-state index in [1.807, 2.05) is 18.3 Å². The van der Waals surface area contributed by atoms with Crippen molar-refractivity contribution in [2.75, 3.05) is 6.54 Å². The van der Waals surface area contributed by atoms with Crippen molar-refractivity contribution < 1.29 is 9.90 Å². The molecule has 4 heteroatoms. The summed E-state index contributed by atoms with van der Waals surface area (Å²) in [6, 6.07) is 2.39. The first-order valence-corrected chi connectivity index (χ1v) is 6.55. The zero-order valence-electron chi connectivity index (χ0n) is 9.45. The van der Waals surface area contributed by atoms with E-state index < -0.39 is 5.97 Å². The topological polar surface area (TPSA) is 49.3 Å². The molecule has 2 rings (SSSR count). The van der Waals surface area contributed by atoms with Crippen molar-refractivity contribution in [3.05, 3.63) is 21.4 Å². The third kappa shape index (κ3) is 2.62. The number of fused-ring (bicyclic) bond motifs is 1. The smallest absolute Gasteiger partial charge is 0.317 e. The molecule has 88 valence electrons. The van der Waals surface area contributed by atoms with Gasteiger partial charge >= 0.3 is 5.97 Å². The zero-order valence-corrected chi connectivity index (χ0v) is 10.3. The van der Waals surface area contributed by atoms with E-state index in [0.717, 1.165) is 0 Å². The van der Waals surface area contributed by atoms with Crippen LogP contribution in [0.4, 0.5) is 0 Å². The highest BCUT2D eigenvalue weighted by Gasteiger charge is 2.16. The number of rotatable bonds is 4. The predicted molar refractivity (Wildman–Crippen MR) is 65.0 cm³/mol. The fraction of sp³-hybridized carbons (Fsp3) is 0.583. The highest BCUT2D eigenvalue weighted by atomic mass is 32.1. The highest BCUT2D eigenvalue weighted by Crippen LogP contribution is 2.32. The minimum absolute atomic E-state index is 0.0315. The minimum Gasteiger partial charge on any atom is -0.480 e. The fourth-order valence-electron chi connectivity index (χ4n) is 2.07. The first-order valence-electron chi connectivity index (χ1n) is 5.73. The fourth-order valence-corrected chi connectivity index (χ4v) is 3.35. The molecule has 0 saturated carbocycles. The van der Waals surface area contributed by atoms with E-state index >= 15 is 0 Å². The molecular formula is C12H17NO2S. The van der Waals surface area contributed by atoms with Gasteiger partial charge in [-0.2, -0.15) is 0 Å². The van der Waals surface area contributed by atoms with E-state index in [-0.39, 0.29) is 12.6 Å². The van der Waals surface area contributed by atoms with Gasteiger partial charge in [-0.3, -0.25) is 10.1 Å². The number of hydrogen-bond donors (Lipinski definition) is 2. The second kappa shape index (κ2) is 4.97. The Balaban J connectivity index is 2.03. The molecule has 1 aromatic rings. The van der Waals surface area contributed by atoms with E-state index in [0.29, 0.717) is 0 Å². The molecule has 0 amide bonds. The summed E-state index contributed by atoms with van der Waals surface area (Å²) in [5.74, 6) is -0.798. The largest absolute Gasteiger partial charge is 0.480 e. The molecule has 0 saturated heterocycles. The molecule has 1 aliphatic rings. The standard InChI is InChI=1S/C12H17NO2S/c1-8(13-7-12(14)15)11-6-9-4-2-3-5-10(9)16-11/h6,8,13H,2-5,7H2,1H3,(H,14,15). The minimum atomic E-state index is -0.798. The van der Waals surface area contributed by atoms with E-state index in [2.05, 4.69) is 11.4 Å². The lowest BCUT2D eigenvalue weighted by Gasteiger charge is -2.09. The molecule has 1 heterocycles. The van der Waals surface area contributed by atoms with Crippen LogP contribution in [-0.4, -0.2) is 17.6 Å². The van der Waals surface area contributed by atoms with Crippen molar-refractivity contribution in [1.29, 1.82) is 0 Å².